The van der Waals surface area contributed by atoms with Gasteiger partial charge in [-0.15, -0.1) is 0 Å². The summed E-state index contributed by atoms with van der Waals surface area (Å²) in [5.41, 5.74) is 0. The minimum absolute atomic E-state index is 0.202. The fourth-order valence-electron chi connectivity index (χ4n) is 2.81. The lowest BCUT2D eigenvalue weighted by Gasteiger charge is -2.40. The Morgan fingerprint density at radius 1 is 1.05 bits per heavy atom. The molecule has 2 atom stereocenters. The molecule has 0 bridgehead atoms. The van der Waals surface area contributed by atoms with Gasteiger partial charge in [0.15, 0.2) is 0 Å². The highest BCUT2D eigenvalue weighted by Crippen LogP contribution is 3.02. The molecule has 3 rings (SSSR count). The second kappa shape index (κ2) is 4.27. The normalized spacial score (nSPS) is 30.0. The van der Waals surface area contributed by atoms with Crippen molar-refractivity contribution < 1.29 is 19.4 Å². The molecule has 2 aliphatic rings. The van der Waals surface area contributed by atoms with E-state index in [1.54, 1.807) is 0 Å². The lowest BCUT2D eigenvalue weighted by atomic mass is 10.0. The lowest BCUT2D eigenvalue weighted by Crippen LogP contribution is -2.20. The summed E-state index contributed by atoms with van der Waals surface area (Å²) in [6.45, 7) is 3.35. The highest BCUT2D eigenvalue weighted by Gasteiger charge is 2.65. The molecule has 2 aliphatic heterocycles. The standard InChI is InChI=1S/C12H15F5N2S2/c13-21(14,15,16,17)12-3-1-2-11(4-12)20-19-7-9-5-18-6-10(9)8-19/h1-4,9-10,18H,5-8H2. The van der Waals surface area contributed by atoms with Gasteiger partial charge in [-0.25, -0.2) is 4.31 Å². The van der Waals surface area contributed by atoms with Gasteiger partial charge in [0.25, 0.3) is 0 Å². The van der Waals surface area contributed by atoms with E-state index in [4.69, 9.17) is 0 Å². The zero-order valence-electron chi connectivity index (χ0n) is 10.9. The second-order valence-electron chi connectivity index (χ2n) is 5.56. The Morgan fingerprint density at radius 2 is 1.67 bits per heavy atom. The Kier molecular flexibility index (Phi) is 3.13. The van der Waals surface area contributed by atoms with E-state index in [1.165, 1.54) is 6.07 Å². The van der Waals surface area contributed by atoms with Crippen LogP contribution in [0.4, 0.5) is 19.4 Å². The van der Waals surface area contributed by atoms with Crippen LogP contribution in [-0.2, 0) is 0 Å². The van der Waals surface area contributed by atoms with Crippen LogP contribution < -0.4 is 5.32 Å². The quantitative estimate of drug-likeness (QED) is 0.641. The molecule has 1 aromatic carbocycles. The number of nitrogens with one attached hydrogen (secondary N) is 1. The summed E-state index contributed by atoms with van der Waals surface area (Å²) >= 11 is 1.13. The van der Waals surface area contributed by atoms with Crippen molar-refractivity contribution in [3.05, 3.63) is 24.3 Å². The molecule has 0 aromatic heterocycles. The number of rotatable bonds is 3. The SMILES string of the molecule is FS(F)(F)(F)(F)c1cccc(SN2CC3CNCC3C2)c1. The number of hydrogen-bond acceptors (Lipinski definition) is 3. The largest absolute Gasteiger partial charge is 0.316 e. The zero-order chi connectivity index (χ0) is 15.4. The molecule has 2 saturated heterocycles. The van der Waals surface area contributed by atoms with E-state index in [0.29, 0.717) is 24.0 Å². The van der Waals surface area contributed by atoms with Crippen LogP contribution in [0.25, 0.3) is 0 Å². The van der Waals surface area contributed by atoms with Crippen LogP contribution in [0.5, 0.6) is 0 Å². The van der Waals surface area contributed by atoms with E-state index in [0.717, 1.165) is 44.2 Å². The predicted molar refractivity (Wildman–Crippen MR) is 75.1 cm³/mol. The van der Waals surface area contributed by atoms with Crippen LogP contribution in [0.3, 0.4) is 0 Å². The molecule has 9 heteroatoms. The monoisotopic (exact) mass is 346 g/mol. The third-order valence-corrected chi connectivity index (χ3v) is 6.01. The topological polar surface area (TPSA) is 15.3 Å². The minimum atomic E-state index is -9.59. The molecular formula is C12H15F5N2S2. The summed E-state index contributed by atoms with van der Waals surface area (Å²) in [4.78, 5) is -1.62. The molecule has 2 unspecified atom stereocenters. The highest BCUT2D eigenvalue weighted by atomic mass is 32.5. The third-order valence-electron chi connectivity index (χ3n) is 3.84. The summed E-state index contributed by atoms with van der Waals surface area (Å²) in [5, 5.41) is 3.27. The van der Waals surface area contributed by atoms with Gasteiger partial charge < -0.3 is 5.32 Å². The fraction of sp³-hybridized carbons (Fsp3) is 0.500. The van der Waals surface area contributed by atoms with Gasteiger partial charge >= 0.3 is 10.2 Å². The molecular weight excluding hydrogens is 331 g/mol. The van der Waals surface area contributed by atoms with Gasteiger partial charge in [-0.2, -0.15) is 0 Å². The van der Waals surface area contributed by atoms with Crippen LogP contribution in [0.2, 0.25) is 0 Å². The maximum Gasteiger partial charge on any atom is 0.310 e. The van der Waals surface area contributed by atoms with Gasteiger partial charge in [-0.1, -0.05) is 25.5 Å². The molecule has 1 aromatic rings. The first-order valence-electron chi connectivity index (χ1n) is 6.49. The Bertz CT molecular complexity index is 550. The first-order chi connectivity index (χ1) is 9.51. The second-order valence-corrected chi connectivity index (χ2v) is 9.14. The van der Waals surface area contributed by atoms with E-state index < -0.39 is 15.1 Å². The van der Waals surface area contributed by atoms with Gasteiger partial charge in [0.1, 0.15) is 4.90 Å². The average molecular weight is 346 g/mol. The smallest absolute Gasteiger partial charge is 0.310 e. The van der Waals surface area contributed by atoms with E-state index >= 15 is 0 Å². The maximum absolute atomic E-state index is 12.8. The molecule has 120 valence electrons. The number of benzene rings is 1. The minimum Gasteiger partial charge on any atom is -0.316 e. The maximum atomic E-state index is 12.8. The Balaban J connectivity index is 1.76. The van der Waals surface area contributed by atoms with E-state index in [9.17, 15) is 19.4 Å². The fourth-order valence-corrected chi connectivity index (χ4v) is 4.72. The zero-order valence-corrected chi connectivity index (χ0v) is 12.6. The third kappa shape index (κ3) is 3.46. The van der Waals surface area contributed by atoms with Crippen molar-refractivity contribution in [1.82, 2.24) is 9.62 Å². The number of halogens is 5. The van der Waals surface area contributed by atoms with Gasteiger partial charge in [0, 0.05) is 18.0 Å². The number of hydrogen-bond donors (Lipinski definition) is 1. The van der Waals surface area contributed by atoms with Crippen molar-refractivity contribution in [2.45, 2.75) is 9.79 Å². The first kappa shape index (κ1) is 15.4. The molecule has 2 nitrogen and oxygen atoms in total. The molecule has 21 heavy (non-hydrogen) atoms. The van der Waals surface area contributed by atoms with E-state index in [1.807, 2.05) is 4.31 Å². The van der Waals surface area contributed by atoms with Gasteiger partial charge in [-0.3, -0.25) is 0 Å². The molecule has 0 aliphatic carbocycles. The van der Waals surface area contributed by atoms with Crippen LogP contribution >= 0.6 is 22.2 Å². The van der Waals surface area contributed by atoms with Gasteiger partial charge in [0.05, 0.1) is 0 Å². The van der Waals surface area contributed by atoms with Crippen molar-refractivity contribution in [2.24, 2.45) is 11.8 Å². The van der Waals surface area contributed by atoms with Crippen LogP contribution in [0.15, 0.2) is 34.1 Å². The number of nitrogens with zero attached hydrogens (tertiary/aromatic N) is 1. The summed E-state index contributed by atoms with van der Waals surface area (Å²) in [6.07, 6.45) is 0. The van der Waals surface area contributed by atoms with Gasteiger partial charge in [-0.05, 0) is 55.1 Å². The highest BCUT2D eigenvalue weighted by molar-refractivity contribution is 8.45. The van der Waals surface area contributed by atoms with Crippen molar-refractivity contribution >= 4 is 22.2 Å². The Labute approximate surface area is 123 Å². The van der Waals surface area contributed by atoms with Crippen molar-refractivity contribution in [3.8, 4) is 0 Å². The molecule has 0 amide bonds. The van der Waals surface area contributed by atoms with Crippen LogP contribution in [-0.4, -0.2) is 30.5 Å². The van der Waals surface area contributed by atoms with Crippen LogP contribution in [0, 0.1) is 11.8 Å². The summed E-state index contributed by atoms with van der Waals surface area (Å²) < 4.78 is 65.9. The molecule has 1 N–H and O–H groups in total. The Hall–Kier alpha value is -0.510. The molecule has 2 heterocycles. The van der Waals surface area contributed by atoms with Gasteiger partial charge in [0.2, 0.25) is 0 Å². The van der Waals surface area contributed by atoms with Crippen molar-refractivity contribution in [1.29, 1.82) is 0 Å². The first-order valence-corrected chi connectivity index (χ1v) is 9.21. The van der Waals surface area contributed by atoms with Crippen molar-refractivity contribution in [2.75, 3.05) is 26.2 Å². The summed E-state index contributed by atoms with van der Waals surface area (Å²) in [7, 11) is -9.59. The average Bonchev–Trinajstić information content (AvgIpc) is 2.87. The predicted octanol–water partition coefficient (Wildman–Crippen LogP) is 4.50. The Morgan fingerprint density at radius 3 is 2.24 bits per heavy atom. The van der Waals surface area contributed by atoms with Crippen LogP contribution in [0.1, 0.15) is 0 Å². The molecule has 2 fully saturated rings. The summed E-state index contributed by atoms with van der Waals surface area (Å²) in [5.74, 6) is 0.993. The number of fused-ring (bicyclic) bond motifs is 1. The van der Waals surface area contributed by atoms with E-state index in [2.05, 4.69) is 5.32 Å². The molecule has 0 radical (unpaired) electrons. The summed E-state index contributed by atoms with van der Waals surface area (Å²) in [6, 6.07) is 3.46. The molecule has 0 spiro atoms. The van der Waals surface area contributed by atoms with Crippen molar-refractivity contribution in [3.63, 3.8) is 0 Å². The molecule has 0 saturated carbocycles. The lowest BCUT2D eigenvalue weighted by molar-refractivity contribution is 0.363. The van der Waals surface area contributed by atoms with E-state index in [-0.39, 0.29) is 4.90 Å².